The minimum atomic E-state index is 0.431. The van der Waals surface area contributed by atoms with E-state index in [0.717, 1.165) is 19.6 Å². The molecule has 1 heterocycles. The minimum Gasteiger partial charge on any atom is -0.378 e. The van der Waals surface area contributed by atoms with Gasteiger partial charge in [-0.25, -0.2) is 0 Å². The molecule has 0 amide bonds. The molecule has 1 aromatic heterocycles. The molecule has 1 spiro atoms. The first-order valence-electron chi connectivity index (χ1n) is 8.58. The van der Waals surface area contributed by atoms with Crippen molar-refractivity contribution in [3.8, 4) is 0 Å². The van der Waals surface area contributed by atoms with Gasteiger partial charge in [-0.15, -0.1) is 0 Å². The highest BCUT2D eigenvalue weighted by Crippen LogP contribution is 2.53. The molecule has 2 aliphatic rings. The van der Waals surface area contributed by atoms with E-state index in [0.29, 0.717) is 17.6 Å². The standard InChI is InChI=1S/C17H29N3O/c1-3-21-16-13-15(17(16)9-5-4-6-10-17)18-11-7-14-8-12-19-20(14)2/h8,12,15-16,18H,3-7,9-11,13H2,1-2H3. The van der Waals surface area contributed by atoms with Gasteiger partial charge < -0.3 is 10.1 Å². The third-order valence-corrected chi connectivity index (χ3v) is 5.63. The van der Waals surface area contributed by atoms with Crippen LogP contribution in [0.1, 0.15) is 51.1 Å². The molecule has 1 N–H and O–H groups in total. The van der Waals surface area contributed by atoms with Gasteiger partial charge in [-0.3, -0.25) is 4.68 Å². The molecule has 4 nitrogen and oxygen atoms in total. The fourth-order valence-corrected chi connectivity index (χ4v) is 4.37. The van der Waals surface area contributed by atoms with Crippen LogP contribution in [-0.4, -0.2) is 35.1 Å². The van der Waals surface area contributed by atoms with Crippen LogP contribution >= 0.6 is 0 Å². The highest BCUT2D eigenvalue weighted by atomic mass is 16.5. The Hall–Kier alpha value is -0.870. The van der Waals surface area contributed by atoms with Crippen LogP contribution in [-0.2, 0) is 18.2 Å². The van der Waals surface area contributed by atoms with Crippen LogP contribution in [0.5, 0.6) is 0 Å². The predicted molar refractivity (Wildman–Crippen MR) is 84.3 cm³/mol. The third kappa shape index (κ3) is 2.88. The molecule has 0 aromatic carbocycles. The van der Waals surface area contributed by atoms with E-state index in [1.807, 2.05) is 17.9 Å². The number of rotatable bonds is 6. The Balaban J connectivity index is 1.54. The summed E-state index contributed by atoms with van der Waals surface area (Å²) in [5.74, 6) is 0. The van der Waals surface area contributed by atoms with E-state index < -0.39 is 0 Å². The molecule has 0 radical (unpaired) electrons. The summed E-state index contributed by atoms with van der Waals surface area (Å²) < 4.78 is 7.99. The van der Waals surface area contributed by atoms with Crippen molar-refractivity contribution in [2.45, 2.75) is 64.0 Å². The highest BCUT2D eigenvalue weighted by molar-refractivity contribution is 5.09. The van der Waals surface area contributed by atoms with Gasteiger partial charge in [0, 0.05) is 50.0 Å². The number of ether oxygens (including phenoxy) is 1. The van der Waals surface area contributed by atoms with Gasteiger partial charge in [0.2, 0.25) is 0 Å². The van der Waals surface area contributed by atoms with Gasteiger partial charge in [0.25, 0.3) is 0 Å². The quantitative estimate of drug-likeness (QED) is 0.876. The number of aryl methyl sites for hydroxylation is 1. The maximum Gasteiger partial charge on any atom is 0.0661 e. The number of aromatic nitrogens is 2. The molecule has 0 bridgehead atoms. The molecule has 21 heavy (non-hydrogen) atoms. The minimum absolute atomic E-state index is 0.431. The number of nitrogens with zero attached hydrogens (tertiary/aromatic N) is 2. The van der Waals surface area contributed by atoms with Gasteiger partial charge in [-0.2, -0.15) is 5.10 Å². The van der Waals surface area contributed by atoms with E-state index in [4.69, 9.17) is 4.74 Å². The second-order valence-corrected chi connectivity index (χ2v) is 6.68. The zero-order chi connectivity index (χ0) is 14.7. The molecule has 2 saturated carbocycles. The Morgan fingerprint density at radius 3 is 2.86 bits per heavy atom. The third-order valence-electron chi connectivity index (χ3n) is 5.63. The molecule has 1 aromatic rings. The second-order valence-electron chi connectivity index (χ2n) is 6.68. The van der Waals surface area contributed by atoms with Crippen molar-refractivity contribution in [2.75, 3.05) is 13.2 Å². The largest absolute Gasteiger partial charge is 0.378 e. The van der Waals surface area contributed by atoms with Crippen molar-refractivity contribution >= 4 is 0 Å². The van der Waals surface area contributed by atoms with Gasteiger partial charge in [0.1, 0.15) is 0 Å². The van der Waals surface area contributed by atoms with Gasteiger partial charge in [0.05, 0.1) is 6.10 Å². The van der Waals surface area contributed by atoms with Gasteiger partial charge in [-0.05, 0) is 32.3 Å². The molecule has 2 atom stereocenters. The van der Waals surface area contributed by atoms with Gasteiger partial charge in [0.15, 0.2) is 0 Å². The topological polar surface area (TPSA) is 39.1 Å². The Bertz CT molecular complexity index is 451. The van der Waals surface area contributed by atoms with Gasteiger partial charge >= 0.3 is 0 Å². The van der Waals surface area contributed by atoms with Crippen LogP contribution in [0.4, 0.5) is 0 Å². The summed E-state index contributed by atoms with van der Waals surface area (Å²) in [6.45, 7) is 4.03. The number of hydrogen-bond donors (Lipinski definition) is 1. The maximum absolute atomic E-state index is 6.02. The lowest BCUT2D eigenvalue weighted by Crippen LogP contribution is -2.64. The Morgan fingerprint density at radius 2 is 2.19 bits per heavy atom. The van der Waals surface area contributed by atoms with Crippen LogP contribution in [0.25, 0.3) is 0 Å². The molecule has 4 heteroatoms. The van der Waals surface area contributed by atoms with Crippen molar-refractivity contribution in [3.63, 3.8) is 0 Å². The van der Waals surface area contributed by atoms with Crippen molar-refractivity contribution in [1.29, 1.82) is 0 Å². The zero-order valence-electron chi connectivity index (χ0n) is 13.5. The Labute approximate surface area is 128 Å². The zero-order valence-corrected chi connectivity index (χ0v) is 13.5. The molecule has 2 unspecified atom stereocenters. The second kappa shape index (κ2) is 6.49. The molecule has 2 aliphatic carbocycles. The molecule has 2 fully saturated rings. The van der Waals surface area contributed by atoms with Crippen molar-refractivity contribution in [3.05, 3.63) is 18.0 Å². The summed E-state index contributed by atoms with van der Waals surface area (Å²) >= 11 is 0. The van der Waals surface area contributed by atoms with E-state index in [2.05, 4.69) is 23.4 Å². The Morgan fingerprint density at radius 1 is 1.38 bits per heavy atom. The average Bonchev–Trinajstić information content (AvgIpc) is 2.92. The highest BCUT2D eigenvalue weighted by Gasteiger charge is 2.55. The lowest BCUT2D eigenvalue weighted by Gasteiger charge is -2.58. The first-order chi connectivity index (χ1) is 10.3. The van der Waals surface area contributed by atoms with Gasteiger partial charge in [-0.1, -0.05) is 19.3 Å². The molecule has 0 aliphatic heterocycles. The maximum atomic E-state index is 6.02. The van der Waals surface area contributed by atoms with E-state index in [-0.39, 0.29) is 0 Å². The number of hydrogen-bond acceptors (Lipinski definition) is 3. The summed E-state index contributed by atoms with van der Waals surface area (Å²) in [7, 11) is 2.02. The smallest absolute Gasteiger partial charge is 0.0661 e. The molecular weight excluding hydrogens is 262 g/mol. The fraction of sp³-hybridized carbons (Fsp3) is 0.824. The van der Waals surface area contributed by atoms with Crippen molar-refractivity contribution < 1.29 is 4.74 Å². The van der Waals surface area contributed by atoms with Crippen LogP contribution in [0.15, 0.2) is 12.3 Å². The van der Waals surface area contributed by atoms with Crippen LogP contribution in [0, 0.1) is 5.41 Å². The molecular formula is C17H29N3O. The van der Waals surface area contributed by atoms with Crippen LogP contribution in [0.2, 0.25) is 0 Å². The predicted octanol–water partition coefficient (Wildman–Crippen LogP) is 2.68. The fourth-order valence-electron chi connectivity index (χ4n) is 4.37. The monoisotopic (exact) mass is 291 g/mol. The van der Waals surface area contributed by atoms with Crippen molar-refractivity contribution in [1.82, 2.24) is 15.1 Å². The molecule has 0 saturated heterocycles. The molecule has 118 valence electrons. The SMILES string of the molecule is CCOC1CC(NCCc2ccnn2C)C12CCCCC2. The first-order valence-corrected chi connectivity index (χ1v) is 8.58. The normalized spacial score (nSPS) is 27.7. The Kier molecular flexibility index (Phi) is 4.65. The summed E-state index contributed by atoms with van der Waals surface area (Å²) in [4.78, 5) is 0. The average molecular weight is 291 g/mol. The summed E-state index contributed by atoms with van der Waals surface area (Å²) in [6.07, 6.45) is 11.5. The van der Waals surface area contributed by atoms with E-state index in [9.17, 15) is 0 Å². The van der Waals surface area contributed by atoms with Crippen LogP contribution < -0.4 is 5.32 Å². The lowest BCUT2D eigenvalue weighted by molar-refractivity contribution is -0.149. The van der Waals surface area contributed by atoms with Crippen LogP contribution in [0.3, 0.4) is 0 Å². The first kappa shape index (κ1) is 15.0. The summed E-state index contributed by atoms with van der Waals surface area (Å²) in [5.41, 5.74) is 1.74. The number of nitrogens with one attached hydrogen (secondary N) is 1. The lowest BCUT2D eigenvalue weighted by atomic mass is 9.55. The van der Waals surface area contributed by atoms with E-state index >= 15 is 0 Å². The summed E-state index contributed by atoms with van der Waals surface area (Å²) in [6, 6.07) is 2.77. The molecule has 3 rings (SSSR count). The van der Waals surface area contributed by atoms with E-state index in [1.54, 1.807) is 0 Å². The van der Waals surface area contributed by atoms with E-state index in [1.165, 1.54) is 44.2 Å². The summed E-state index contributed by atoms with van der Waals surface area (Å²) in [5, 5.41) is 8.05. The van der Waals surface area contributed by atoms with Crippen molar-refractivity contribution in [2.24, 2.45) is 12.5 Å².